The smallest absolute Gasteiger partial charge is 0.163 e. The topological polar surface area (TPSA) is 39.7 Å². The molecule has 2 aliphatic heterocycles. The number of nitrogens with one attached hydrogen (secondary N) is 1. The lowest BCUT2D eigenvalue weighted by Gasteiger charge is -2.37. The Balaban J connectivity index is 1.55. The highest BCUT2D eigenvalue weighted by Crippen LogP contribution is 2.41. The van der Waals surface area contributed by atoms with E-state index >= 15 is 0 Å². The van der Waals surface area contributed by atoms with Gasteiger partial charge in [0.25, 0.3) is 0 Å². The van der Waals surface area contributed by atoms with E-state index in [4.69, 9.17) is 14.2 Å². The fraction of sp³-hybridized carbons (Fsp3) is 0.333. The highest BCUT2D eigenvalue weighted by atomic mass is 16.8. The summed E-state index contributed by atoms with van der Waals surface area (Å²) in [5.41, 5.74) is 2.58. The van der Waals surface area contributed by atoms with Crippen LogP contribution in [-0.4, -0.2) is 37.2 Å². The standard InChI is InChI=1S/C27H29NO3/c1-26(2)30-24-18-28-23(25(24)31-26)19-29-27(20-12-6-3-7-13-20,21-14-8-4-9-15-21)22-16-10-5-11-17-22/h3-17,23-25,28H,18-19H2,1-2H3/t23-,24-,25+/m1/s1. The Morgan fingerprint density at radius 3 is 1.77 bits per heavy atom. The van der Waals surface area contributed by atoms with Crippen molar-refractivity contribution < 1.29 is 14.2 Å². The molecule has 160 valence electrons. The van der Waals surface area contributed by atoms with Gasteiger partial charge >= 0.3 is 0 Å². The summed E-state index contributed by atoms with van der Waals surface area (Å²) in [6, 6.07) is 31.4. The molecule has 0 aromatic heterocycles. The largest absolute Gasteiger partial charge is 0.359 e. The average Bonchev–Trinajstić information content (AvgIpc) is 3.31. The molecule has 3 aromatic carbocycles. The number of hydrogen-bond donors (Lipinski definition) is 1. The van der Waals surface area contributed by atoms with Crippen LogP contribution in [0.5, 0.6) is 0 Å². The summed E-state index contributed by atoms with van der Waals surface area (Å²) in [6.45, 7) is 5.23. The Morgan fingerprint density at radius 2 is 1.29 bits per heavy atom. The quantitative estimate of drug-likeness (QED) is 0.603. The second-order valence-corrected chi connectivity index (χ2v) is 8.74. The van der Waals surface area contributed by atoms with Gasteiger partial charge in [-0.3, -0.25) is 0 Å². The fourth-order valence-electron chi connectivity index (χ4n) is 4.88. The highest BCUT2D eigenvalue weighted by molar-refractivity contribution is 5.47. The summed E-state index contributed by atoms with van der Waals surface area (Å²) < 4.78 is 19.2. The molecule has 5 rings (SSSR count). The molecule has 2 aliphatic rings. The number of hydrogen-bond acceptors (Lipinski definition) is 4. The lowest BCUT2D eigenvalue weighted by atomic mass is 9.80. The normalized spacial score (nSPS) is 24.8. The molecule has 0 spiro atoms. The fourth-order valence-corrected chi connectivity index (χ4v) is 4.88. The molecule has 1 N–H and O–H groups in total. The monoisotopic (exact) mass is 415 g/mol. The third-order valence-electron chi connectivity index (χ3n) is 6.22. The predicted molar refractivity (Wildman–Crippen MR) is 121 cm³/mol. The molecule has 3 atom stereocenters. The van der Waals surface area contributed by atoms with E-state index in [2.05, 4.69) is 78.1 Å². The van der Waals surface area contributed by atoms with E-state index in [0.29, 0.717) is 6.61 Å². The van der Waals surface area contributed by atoms with Crippen LogP contribution in [0.3, 0.4) is 0 Å². The van der Waals surface area contributed by atoms with Gasteiger partial charge in [-0.25, -0.2) is 0 Å². The minimum atomic E-state index is -0.724. The van der Waals surface area contributed by atoms with Crippen LogP contribution >= 0.6 is 0 Å². The van der Waals surface area contributed by atoms with Crippen LogP contribution in [0.4, 0.5) is 0 Å². The average molecular weight is 416 g/mol. The Hall–Kier alpha value is -2.50. The molecule has 3 aromatic rings. The summed E-state index contributed by atoms with van der Waals surface area (Å²) in [5, 5.41) is 3.55. The molecule has 2 heterocycles. The number of rotatable bonds is 6. The van der Waals surface area contributed by atoms with Crippen LogP contribution in [0.1, 0.15) is 30.5 Å². The van der Waals surface area contributed by atoms with Crippen molar-refractivity contribution in [2.24, 2.45) is 0 Å². The van der Waals surface area contributed by atoms with Gasteiger partial charge in [-0.1, -0.05) is 91.0 Å². The van der Waals surface area contributed by atoms with Gasteiger partial charge in [0.05, 0.1) is 12.6 Å². The lowest BCUT2D eigenvalue weighted by Crippen LogP contribution is -2.43. The third-order valence-corrected chi connectivity index (χ3v) is 6.22. The maximum Gasteiger partial charge on any atom is 0.163 e. The Labute approximate surface area is 184 Å². The van der Waals surface area contributed by atoms with Gasteiger partial charge < -0.3 is 19.5 Å². The second kappa shape index (κ2) is 8.21. The van der Waals surface area contributed by atoms with Crippen LogP contribution in [-0.2, 0) is 19.8 Å². The van der Waals surface area contributed by atoms with E-state index in [1.165, 1.54) is 0 Å². The van der Waals surface area contributed by atoms with Gasteiger partial charge in [0, 0.05) is 6.54 Å². The molecule has 0 saturated carbocycles. The molecule has 0 unspecified atom stereocenters. The minimum absolute atomic E-state index is 0.0185. The third kappa shape index (κ3) is 3.81. The summed E-state index contributed by atoms with van der Waals surface area (Å²) in [7, 11) is 0. The van der Waals surface area contributed by atoms with E-state index < -0.39 is 11.4 Å². The van der Waals surface area contributed by atoms with E-state index in [0.717, 1.165) is 23.2 Å². The SMILES string of the molecule is CC1(C)O[C@H]2[C@@H](COC(c3ccccc3)(c3ccccc3)c3ccccc3)NC[C@H]2O1. The first-order chi connectivity index (χ1) is 15.1. The molecule has 31 heavy (non-hydrogen) atoms. The Morgan fingerprint density at radius 1 is 0.806 bits per heavy atom. The molecular weight excluding hydrogens is 386 g/mol. The highest BCUT2D eigenvalue weighted by Gasteiger charge is 2.50. The molecule has 0 amide bonds. The van der Waals surface area contributed by atoms with Crippen LogP contribution in [0.2, 0.25) is 0 Å². The molecule has 2 fully saturated rings. The van der Waals surface area contributed by atoms with Gasteiger partial charge in [0.15, 0.2) is 5.79 Å². The van der Waals surface area contributed by atoms with Crippen molar-refractivity contribution in [2.75, 3.05) is 13.2 Å². The van der Waals surface area contributed by atoms with Gasteiger partial charge in [-0.05, 0) is 30.5 Å². The minimum Gasteiger partial charge on any atom is -0.359 e. The summed E-state index contributed by atoms with van der Waals surface area (Å²) in [6.07, 6.45) is 0.0400. The van der Waals surface area contributed by atoms with E-state index in [-0.39, 0.29) is 18.2 Å². The van der Waals surface area contributed by atoms with Crippen molar-refractivity contribution in [1.29, 1.82) is 0 Å². The molecule has 4 nitrogen and oxygen atoms in total. The van der Waals surface area contributed by atoms with Gasteiger partial charge in [-0.15, -0.1) is 0 Å². The summed E-state index contributed by atoms with van der Waals surface area (Å²) in [4.78, 5) is 0. The molecule has 0 bridgehead atoms. The Bertz CT molecular complexity index is 894. The molecule has 4 heteroatoms. The predicted octanol–water partition coefficient (Wildman–Crippen LogP) is 4.49. The zero-order valence-corrected chi connectivity index (χ0v) is 18.0. The van der Waals surface area contributed by atoms with Gasteiger partial charge in [-0.2, -0.15) is 0 Å². The number of fused-ring (bicyclic) bond motifs is 1. The van der Waals surface area contributed by atoms with E-state index in [1.807, 2.05) is 32.0 Å². The molecule has 2 saturated heterocycles. The van der Waals surface area contributed by atoms with Crippen molar-refractivity contribution in [3.05, 3.63) is 108 Å². The first-order valence-corrected chi connectivity index (χ1v) is 11.0. The van der Waals surface area contributed by atoms with E-state index in [9.17, 15) is 0 Å². The molecular formula is C27H29NO3. The zero-order valence-electron chi connectivity index (χ0n) is 18.0. The first-order valence-electron chi connectivity index (χ1n) is 11.0. The lowest BCUT2D eigenvalue weighted by molar-refractivity contribution is -0.156. The van der Waals surface area contributed by atoms with Crippen molar-refractivity contribution in [3.63, 3.8) is 0 Å². The summed E-state index contributed by atoms with van der Waals surface area (Å²) >= 11 is 0. The molecule has 0 aliphatic carbocycles. The Kier molecular flexibility index (Phi) is 5.40. The molecule has 0 radical (unpaired) electrons. The van der Waals surface area contributed by atoms with Crippen LogP contribution in [0.25, 0.3) is 0 Å². The van der Waals surface area contributed by atoms with Crippen LogP contribution in [0.15, 0.2) is 91.0 Å². The van der Waals surface area contributed by atoms with Gasteiger partial charge in [0.1, 0.15) is 17.8 Å². The van der Waals surface area contributed by atoms with Gasteiger partial charge in [0.2, 0.25) is 0 Å². The van der Waals surface area contributed by atoms with Crippen molar-refractivity contribution >= 4 is 0 Å². The van der Waals surface area contributed by atoms with Crippen molar-refractivity contribution in [3.8, 4) is 0 Å². The number of benzene rings is 3. The van der Waals surface area contributed by atoms with Crippen LogP contribution in [0, 0.1) is 0 Å². The first kappa shape index (κ1) is 20.4. The maximum absolute atomic E-state index is 6.95. The zero-order chi connectivity index (χ0) is 21.3. The number of ether oxygens (including phenoxy) is 3. The van der Waals surface area contributed by atoms with Crippen LogP contribution < -0.4 is 5.32 Å². The van der Waals surface area contributed by atoms with Crippen molar-refractivity contribution in [1.82, 2.24) is 5.32 Å². The summed E-state index contributed by atoms with van der Waals surface area (Å²) in [5.74, 6) is -0.551. The maximum atomic E-state index is 6.95. The van der Waals surface area contributed by atoms with E-state index in [1.54, 1.807) is 0 Å². The van der Waals surface area contributed by atoms with Crippen molar-refractivity contribution in [2.45, 2.75) is 43.5 Å². The second-order valence-electron chi connectivity index (χ2n) is 8.74.